The van der Waals surface area contributed by atoms with E-state index in [0.29, 0.717) is 38.8 Å². The molecular formula is C39H47N5O6. The minimum atomic E-state index is -0.953. The molecule has 11 heteroatoms. The second-order valence-electron chi connectivity index (χ2n) is 13.5. The van der Waals surface area contributed by atoms with Crippen LogP contribution in [-0.2, 0) is 45.1 Å². The Bertz CT molecular complexity index is 1750. The Balaban J connectivity index is 1.31. The van der Waals surface area contributed by atoms with Gasteiger partial charge < -0.3 is 35.3 Å². The van der Waals surface area contributed by atoms with Crippen molar-refractivity contribution in [3.63, 3.8) is 0 Å². The van der Waals surface area contributed by atoms with Crippen molar-refractivity contribution in [3.05, 3.63) is 107 Å². The summed E-state index contributed by atoms with van der Waals surface area (Å²) in [4.78, 5) is 58.6. The lowest BCUT2D eigenvalue weighted by atomic mass is 10.0. The van der Waals surface area contributed by atoms with E-state index in [-0.39, 0.29) is 31.4 Å². The molecule has 0 spiro atoms. The zero-order valence-corrected chi connectivity index (χ0v) is 29.0. The van der Waals surface area contributed by atoms with Crippen molar-refractivity contribution in [1.82, 2.24) is 25.8 Å². The molecule has 0 radical (unpaired) electrons. The summed E-state index contributed by atoms with van der Waals surface area (Å²) >= 11 is 0. The first-order valence-electron chi connectivity index (χ1n) is 17.2. The highest BCUT2D eigenvalue weighted by Gasteiger charge is 2.39. The van der Waals surface area contributed by atoms with Crippen molar-refractivity contribution in [3.8, 4) is 0 Å². The Morgan fingerprint density at radius 3 is 2.26 bits per heavy atom. The highest BCUT2D eigenvalue weighted by atomic mass is 16.6. The van der Waals surface area contributed by atoms with Crippen LogP contribution in [0.2, 0.25) is 0 Å². The normalized spacial score (nSPS) is 15.1. The van der Waals surface area contributed by atoms with Gasteiger partial charge in [-0.15, -0.1) is 0 Å². The number of H-pyrrole nitrogens is 1. The van der Waals surface area contributed by atoms with Gasteiger partial charge in [0.1, 0.15) is 24.3 Å². The van der Waals surface area contributed by atoms with Crippen LogP contribution in [0.1, 0.15) is 62.4 Å². The van der Waals surface area contributed by atoms with Gasteiger partial charge in [0, 0.05) is 36.1 Å². The number of fused-ring (bicyclic) bond motifs is 3. The number of hydrogen-bond donors (Lipinski definition) is 4. The van der Waals surface area contributed by atoms with E-state index < -0.39 is 29.9 Å². The number of benzene rings is 3. The number of aromatic amines is 1. The number of hydrogen-bond acceptors (Lipinski definition) is 6. The molecule has 0 saturated heterocycles. The third kappa shape index (κ3) is 10.1. The minimum Gasteiger partial charge on any atom is -0.445 e. The smallest absolute Gasteiger partial charge is 0.408 e. The standard InChI is InChI=1S/C39H47N5O6/c1-39(2,3)50-38(48)43-32-24-30-29-18-10-11-19-31(29)42-33(30)25-44(36(32)46)34(35(45)40-23-21-27-14-6-4-7-15-27)20-12-13-22-41-37(47)49-26-28-16-8-5-9-17-28/h4-11,14-19,32,34,42H,12-13,20-26H2,1-3H3,(H,40,45)(H,41,47)(H,43,48)/t32-,34+/m1/s1. The fraction of sp³-hybridized carbons (Fsp3) is 0.385. The maximum absolute atomic E-state index is 14.3. The Morgan fingerprint density at radius 2 is 1.54 bits per heavy atom. The molecule has 264 valence electrons. The first-order chi connectivity index (χ1) is 24.1. The maximum atomic E-state index is 14.3. The largest absolute Gasteiger partial charge is 0.445 e. The van der Waals surface area contributed by atoms with Crippen molar-refractivity contribution < 1.29 is 28.7 Å². The number of nitrogens with one attached hydrogen (secondary N) is 4. The summed E-state index contributed by atoms with van der Waals surface area (Å²) in [5, 5.41) is 9.59. The highest BCUT2D eigenvalue weighted by Crippen LogP contribution is 2.30. The number of ether oxygens (including phenoxy) is 2. The molecule has 4 N–H and O–H groups in total. The minimum absolute atomic E-state index is 0.163. The lowest BCUT2D eigenvalue weighted by Gasteiger charge is -2.32. The van der Waals surface area contributed by atoms with Crippen LogP contribution < -0.4 is 16.0 Å². The summed E-state index contributed by atoms with van der Waals surface area (Å²) in [6.07, 6.45) is 1.11. The molecular weight excluding hydrogens is 634 g/mol. The van der Waals surface area contributed by atoms with Crippen molar-refractivity contribution in [2.45, 2.75) is 83.7 Å². The number of alkyl carbamates (subject to hydrolysis) is 2. The number of aromatic nitrogens is 1. The second-order valence-corrected chi connectivity index (χ2v) is 13.5. The van der Waals surface area contributed by atoms with E-state index >= 15 is 0 Å². The van der Waals surface area contributed by atoms with Gasteiger partial charge in [0.25, 0.3) is 0 Å². The zero-order chi connectivity index (χ0) is 35.5. The summed E-state index contributed by atoms with van der Waals surface area (Å²) in [6.45, 7) is 6.36. The number of amides is 4. The first-order valence-corrected chi connectivity index (χ1v) is 17.2. The van der Waals surface area contributed by atoms with Crippen LogP contribution in [0.5, 0.6) is 0 Å². The predicted molar refractivity (Wildman–Crippen MR) is 191 cm³/mol. The zero-order valence-electron chi connectivity index (χ0n) is 29.0. The van der Waals surface area contributed by atoms with Crippen LogP contribution in [0.25, 0.3) is 10.9 Å². The van der Waals surface area contributed by atoms with E-state index in [9.17, 15) is 19.2 Å². The Kier molecular flexibility index (Phi) is 12.1. The van der Waals surface area contributed by atoms with Crippen LogP contribution in [0.4, 0.5) is 9.59 Å². The molecule has 4 amide bonds. The van der Waals surface area contributed by atoms with Crippen LogP contribution in [-0.4, -0.2) is 64.7 Å². The van der Waals surface area contributed by atoms with Gasteiger partial charge in [0.2, 0.25) is 11.8 Å². The summed E-state index contributed by atoms with van der Waals surface area (Å²) in [6, 6.07) is 25.3. The summed E-state index contributed by atoms with van der Waals surface area (Å²) in [7, 11) is 0. The average Bonchev–Trinajstić information content (AvgIpc) is 3.37. The highest BCUT2D eigenvalue weighted by molar-refractivity contribution is 5.94. The summed E-state index contributed by atoms with van der Waals surface area (Å²) in [5.41, 5.74) is 3.87. The third-order valence-electron chi connectivity index (χ3n) is 8.53. The maximum Gasteiger partial charge on any atom is 0.408 e. The quantitative estimate of drug-likeness (QED) is 0.132. The summed E-state index contributed by atoms with van der Waals surface area (Å²) < 4.78 is 10.8. The van der Waals surface area contributed by atoms with Gasteiger partial charge in [0.05, 0.1) is 6.54 Å². The van der Waals surface area contributed by atoms with Gasteiger partial charge in [0.15, 0.2) is 0 Å². The summed E-state index contributed by atoms with van der Waals surface area (Å²) in [5.74, 6) is -0.643. The molecule has 50 heavy (non-hydrogen) atoms. The fourth-order valence-corrected chi connectivity index (χ4v) is 6.14. The molecule has 0 aliphatic carbocycles. The molecule has 5 rings (SSSR count). The van der Waals surface area contributed by atoms with Gasteiger partial charge in [-0.05, 0) is 69.2 Å². The molecule has 1 aromatic heterocycles. The predicted octanol–water partition coefficient (Wildman–Crippen LogP) is 5.77. The number of rotatable bonds is 13. The monoisotopic (exact) mass is 681 g/mol. The average molecular weight is 682 g/mol. The van der Waals surface area contributed by atoms with E-state index in [2.05, 4.69) is 20.9 Å². The van der Waals surface area contributed by atoms with Crippen LogP contribution in [0, 0.1) is 0 Å². The number of unbranched alkanes of at least 4 members (excludes halogenated alkanes) is 1. The molecule has 1 aliphatic heterocycles. The van der Waals surface area contributed by atoms with Crippen molar-refractivity contribution in [2.75, 3.05) is 13.1 Å². The molecule has 1 aliphatic rings. The van der Waals surface area contributed by atoms with Gasteiger partial charge in [-0.1, -0.05) is 78.9 Å². The molecule has 0 fully saturated rings. The molecule has 4 aromatic rings. The number of carbonyl (C=O) groups excluding carboxylic acids is 4. The lowest BCUT2D eigenvalue weighted by Crippen LogP contribution is -2.55. The topological polar surface area (TPSA) is 142 Å². The Labute approximate surface area is 293 Å². The lowest BCUT2D eigenvalue weighted by molar-refractivity contribution is -0.142. The van der Waals surface area contributed by atoms with Crippen molar-refractivity contribution in [2.24, 2.45) is 0 Å². The molecule has 2 heterocycles. The van der Waals surface area contributed by atoms with Gasteiger partial charge >= 0.3 is 12.2 Å². The van der Waals surface area contributed by atoms with Crippen LogP contribution in [0.3, 0.4) is 0 Å². The van der Waals surface area contributed by atoms with Crippen LogP contribution in [0.15, 0.2) is 84.9 Å². The SMILES string of the molecule is CC(C)(C)OC(=O)N[C@@H]1Cc2c([nH]c3ccccc23)CN([C@@H](CCCCNC(=O)OCc2ccccc2)C(=O)NCCc2ccccc2)C1=O. The molecule has 0 saturated carbocycles. The molecule has 2 atom stereocenters. The van der Waals surface area contributed by atoms with E-state index in [1.54, 1.807) is 25.7 Å². The first kappa shape index (κ1) is 36.0. The van der Waals surface area contributed by atoms with Crippen molar-refractivity contribution in [1.29, 1.82) is 0 Å². The van der Waals surface area contributed by atoms with Crippen LogP contribution >= 0.6 is 0 Å². The van der Waals surface area contributed by atoms with E-state index in [4.69, 9.17) is 9.47 Å². The number of carbonyl (C=O) groups is 4. The van der Waals surface area contributed by atoms with E-state index in [1.165, 1.54) is 0 Å². The van der Waals surface area contributed by atoms with Gasteiger partial charge in [-0.3, -0.25) is 9.59 Å². The van der Waals surface area contributed by atoms with E-state index in [1.807, 2.05) is 84.9 Å². The second kappa shape index (κ2) is 16.9. The number of nitrogens with zero attached hydrogens (tertiary/aromatic N) is 1. The molecule has 0 bridgehead atoms. The Morgan fingerprint density at radius 1 is 0.860 bits per heavy atom. The van der Waals surface area contributed by atoms with Gasteiger partial charge in [-0.25, -0.2) is 9.59 Å². The van der Waals surface area contributed by atoms with E-state index in [0.717, 1.165) is 33.3 Å². The fourth-order valence-electron chi connectivity index (χ4n) is 6.14. The van der Waals surface area contributed by atoms with Gasteiger partial charge in [-0.2, -0.15) is 0 Å². The number of para-hydroxylation sites is 1. The van der Waals surface area contributed by atoms with Crippen molar-refractivity contribution >= 4 is 34.9 Å². The molecule has 3 aromatic carbocycles. The molecule has 0 unspecified atom stereocenters. The Hall–Kier alpha value is -5.32. The molecule has 11 nitrogen and oxygen atoms in total. The third-order valence-corrected chi connectivity index (χ3v) is 8.53.